The summed E-state index contributed by atoms with van der Waals surface area (Å²) in [5.74, 6) is 0.0407. The number of halogens is 1. The van der Waals surface area contributed by atoms with Gasteiger partial charge in [-0.25, -0.2) is 0 Å². The van der Waals surface area contributed by atoms with Gasteiger partial charge in [-0.15, -0.1) is 11.3 Å². The third-order valence-electron chi connectivity index (χ3n) is 3.16. The van der Waals surface area contributed by atoms with Gasteiger partial charge in [0, 0.05) is 9.35 Å². The number of hydrogen-bond acceptors (Lipinski definition) is 2. The van der Waals surface area contributed by atoms with Crippen molar-refractivity contribution in [2.75, 3.05) is 0 Å². The molecule has 1 amide bonds. The van der Waals surface area contributed by atoms with Crippen molar-refractivity contribution in [3.8, 4) is 0 Å². The molecule has 0 fully saturated rings. The van der Waals surface area contributed by atoms with Crippen molar-refractivity contribution in [1.82, 2.24) is 5.32 Å². The van der Waals surface area contributed by atoms with Gasteiger partial charge >= 0.3 is 0 Å². The normalized spacial score (nSPS) is 11.3. The molecule has 1 N–H and O–H groups in total. The van der Waals surface area contributed by atoms with Crippen LogP contribution in [0.4, 0.5) is 0 Å². The van der Waals surface area contributed by atoms with Gasteiger partial charge in [0.15, 0.2) is 0 Å². The monoisotopic (exact) mass is 337 g/mol. The lowest BCUT2D eigenvalue weighted by atomic mass is 9.84. The Hall–Kier alpha value is -1.13. The van der Waals surface area contributed by atoms with E-state index in [2.05, 4.69) is 21.2 Å². The van der Waals surface area contributed by atoms with E-state index >= 15 is 0 Å². The minimum Gasteiger partial charge on any atom is -0.350 e. The maximum absolute atomic E-state index is 12.3. The summed E-state index contributed by atoms with van der Waals surface area (Å²) < 4.78 is 1.05. The fraction of sp³-hybridized carbons (Fsp3) is 0.267. The summed E-state index contributed by atoms with van der Waals surface area (Å²) in [6.07, 6.45) is 0. The van der Waals surface area contributed by atoms with Crippen LogP contribution in [0, 0.1) is 0 Å². The van der Waals surface area contributed by atoms with E-state index in [9.17, 15) is 4.79 Å². The van der Waals surface area contributed by atoms with Gasteiger partial charge in [0.2, 0.25) is 5.91 Å². The zero-order valence-electron chi connectivity index (χ0n) is 10.9. The Morgan fingerprint density at radius 3 is 2.53 bits per heavy atom. The second kappa shape index (κ2) is 5.88. The summed E-state index contributed by atoms with van der Waals surface area (Å²) in [6, 6.07) is 11.8. The molecule has 0 aliphatic rings. The van der Waals surface area contributed by atoms with Crippen LogP contribution >= 0.6 is 27.3 Å². The molecule has 4 heteroatoms. The molecule has 0 radical (unpaired) electrons. The Morgan fingerprint density at radius 1 is 1.26 bits per heavy atom. The Balaban J connectivity index is 2.05. The van der Waals surface area contributed by atoms with E-state index in [0.29, 0.717) is 6.54 Å². The summed E-state index contributed by atoms with van der Waals surface area (Å²) >= 11 is 5.11. The predicted octanol–water partition coefficient (Wildman–Crippen LogP) is 4.10. The van der Waals surface area contributed by atoms with Crippen molar-refractivity contribution >= 4 is 33.2 Å². The first-order chi connectivity index (χ1) is 9.01. The Morgan fingerprint density at radius 2 is 1.95 bits per heavy atom. The highest BCUT2D eigenvalue weighted by atomic mass is 79.9. The summed E-state index contributed by atoms with van der Waals surface area (Å²) in [5.41, 5.74) is 0.503. The average molecular weight is 338 g/mol. The zero-order valence-corrected chi connectivity index (χ0v) is 13.3. The number of hydrogen-bond donors (Lipinski definition) is 1. The van der Waals surface area contributed by atoms with Crippen LogP contribution in [0.15, 0.2) is 46.3 Å². The molecule has 0 saturated carbocycles. The number of benzene rings is 1. The number of rotatable bonds is 4. The lowest BCUT2D eigenvalue weighted by Crippen LogP contribution is -2.39. The molecular formula is C15H16BrNOS. The lowest BCUT2D eigenvalue weighted by molar-refractivity contribution is -0.125. The van der Waals surface area contributed by atoms with Gasteiger partial charge in [-0.05, 0) is 46.8 Å². The molecule has 0 aliphatic heterocycles. The first-order valence-electron chi connectivity index (χ1n) is 6.07. The number of thiophene rings is 1. The van der Waals surface area contributed by atoms with Gasteiger partial charge in [-0.3, -0.25) is 4.79 Å². The van der Waals surface area contributed by atoms with Gasteiger partial charge in [0.25, 0.3) is 0 Å². The molecule has 0 bridgehead atoms. The van der Waals surface area contributed by atoms with Crippen molar-refractivity contribution in [3.05, 3.63) is 56.7 Å². The molecule has 2 nitrogen and oxygen atoms in total. The van der Waals surface area contributed by atoms with Gasteiger partial charge in [0.05, 0.1) is 12.0 Å². The average Bonchev–Trinajstić information content (AvgIpc) is 2.82. The van der Waals surface area contributed by atoms with Crippen molar-refractivity contribution in [1.29, 1.82) is 0 Å². The quantitative estimate of drug-likeness (QED) is 0.893. The predicted molar refractivity (Wildman–Crippen MR) is 83.3 cm³/mol. The highest BCUT2D eigenvalue weighted by Crippen LogP contribution is 2.25. The largest absolute Gasteiger partial charge is 0.350 e. The minimum absolute atomic E-state index is 0.0407. The van der Waals surface area contributed by atoms with Crippen LogP contribution < -0.4 is 5.32 Å². The maximum Gasteiger partial charge on any atom is 0.230 e. The zero-order chi connectivity index (χ0) is 13.9. The number of nitrogens with one attached hydrogen (secondary N) is 1. The van der Waals surface area contributed by atoms with E-state index in [1.807, 2.05) is 55.6 Å². The van der Waals surface area contributed by atoms with Crippen LogP contribution in [0.3, 0.4) is 0 Å². The fourth-order valence-corrected chi connectivity index (χ4v) is 3.25. The van der Waals surface area contributed by atoms with Crippen molar-refractivity contribution in [2.45, 2.75) is 25.8 Å². The first kappa shape index (κ1) is 14.3. The standard InChI is InChI=1S/C15H16BrNOS/c1-15(2,11-6-4-3-5-7-11)14(18)17-10-13-12(16)8-9-19-13/h3-9H,10H2,1-2H3,(H,17,18). The Labute approximate surface area is 126 Å². The van der Waals surface area contributed by atoms with E-state index in [0.717, 1.165) is 14.9 Å². The van der Waals surface area contributed by atoms with Gasteiger partial charge in [0.1, 0.15) is 0 Å². The molecule has 0 spiro atoms. The molecule has 2 aromatic rings. The van der Waals surface area contributed by atoms with Crippen LogP contribution in [0.2, 0.25) is 0 Å². The molecule has 1 heterocycles. The van der Waals surface area contributed by atoms with E-state index in [-0.39, 0.29) is 5.91 Å². The SMILES string of the molecule is CC(C)(C(=O)NCc1sccc1Br)c1ccccc1. The van der Waals surface area contributed by atoms with Gasteiger partial charge in [-0.1, -0.05) is 30.3 Å². The Kier molecular flexibility index (Phi) is 4.42. The fourth-order valence-electron chi connectivity index (χ4n) is 1.82. The third-order valence-corrected chi connectivity index (χ3v) is 5.09. The molecular weight excluding hydrogens is 322 g/mol. The second-order valence-electron chi connectivity index (χ2n) is 4.87. The van der Waals surface area contributed by atoms with Gasteiger partial charge in [-0.2, -0.15) is 0 Å². The summed E-state index contributed by atoms with van der Waals surface area (Å²) in [4.78, 5) is 13.5. The van der Waals surface area contributed by atoms with Crippen LogP contribution in [0.5, 0.6) is 0 Å². The molecule has 100 valence electrons. The van der Waals surface area contributed by atoms with Crippen LogP contribution in [0.25, 0.3) is 0 Å². The van der Waals surface area contributed by atoms with E-state index < -0.39 is 5.41 Å². The molecule has 0 atom stereocenters. The van der Waals surface area contributed by atoms with Crippen LogP contribution in [-0.4, -0.2) is 5.91 Å². The molecule has 1 aromatic carbocycles. The molecule has 1 aromatic heterocycles. The molecule has 2 rings (SSSR count). The third kappa shape index (κ3) is 3.25. The number of carbonyl (C=O) groups excluding carboxylic acids is 1. The minimum atomic E-state index is -0.523. The smallest absolute Gasteiger partial charge is 0.230 e. The molecule has 0 unspecified atom stereocenters. The topological polar surface area (TPSA) is 29.1 Å². The van der Waals surface area contributed by atoms with Crippen molar-refractivity contribution < 1.29 is 4.79 Å². The Bertz CT molecular complexity index is 563. The molecule has 0 aliphatic carbocycles. The van der Waals surface area contributed by atoms with Crippen LogP contribution in [-0.2, 0) is 16.8 Å². The summed E-state index contributed by atoms with van der Waals surface area (Å²) in [7, 11) is 0. The highest BCUT2D eigenvalue weighted by molar-refractivity contribution is 9.10. The van der Waals surface area contributed by atoms with E-state index in [1.165, 1.54) is 0 Å². The number of amides is 1. The van der Waals surface area contributed by atoms with E-state index in [1.54, 1.807) is 11.3 Å². The van der Waals surface area contributed by atoms with Crippen molar-refractivity contribution in [3.63, 3.8) is 0 Å². The first-order valence-corrected chi connectivity index (χ1v) is 7.75. The number of carbonyl (C=O) groups is 1. The van der Waals surface area contributed by atoms with E-state index in [4.69, 9.17) is 0 Å². The second-order valence-corrected chi connectivity index (χ2v) is 6.72. The summed E-state index contributed by atoms with van der Waals surface area (Å²) in [6.45, 7) is 4.45. The van der Waals surface area contributed by atoms with Gasteiger partial charge < -0.3 is 5.32 Å². The van der Waals surface area contributed by atoms with Crippen LogP contribution in [0.1, 0.15) is 24.3 Å². The lowest BCUT2D eigenvalue weighted by Gasteiger charge is -2.24. The summed E-state index contributed by atoms with van der Waals surface area (Å²) in [5, 5.41) is 5.01. The highest BCUT2D eigenvalue weighted by Gasteiger charge is 2.29. The molecule has 19 heavy (non-hydrogen) atoms. The molecule has 0 saturated heterocycles. The van der Waals surface area contributed by atoms with Crippen molar-refractivity contribution in [2.24, 2.45) is 0 Å². The maximum atomic E-state index is 12.3.